The lowest BCUT2D eigenvalue weighted by atomic mass is 10.1. The van der Waals surface area contributed by atoms with Gasteiger partial charge in [-0.05, 0) is 26.7 Å². The highest BCUT2D eigenvalue weighted by Gasteiger charge is 2.69. The molecule has 15 heteroatoms. The van der Waals surface area contributed by atoms with Crippen molar-refractivity contribution in [1.82, 2.24) is 10.2 Å². The van der Waals surface area contributed by atoms with Crippen LogP contribution in [-0.4, -0.2) is 66.6 Å². The fourth-order valence-corrected chi connectivity index (χ4v) is 2.41. The molecule has 0 saturated heterocycles. The van der Waals surface area contributed by atoms with Crippen LogP contribution in [0.3, 0.4) is 0 Å². The molecule has 0 spiro atoms. The van der Waals surface area contributed by atoms with Crippen molar-refractivity contribution in [2.45, 2.75) is 77.3 Å². The third kappa shape index (κ3) is 9.78. The molecule has 0 aromatic rings. The maximum atomic E-state index is 13.6. The topological polar surface area (TPSA) is 84.9 Å². The van der Waals surface area contributed by atoms with Gasteiger partial charge in [-0.2, -0.15) is 35.1 Å². The monoisotopic (exact) mass is 502 g/mol. The Hall–Kier alpha value is -2.03. The van der Waals surface area contributed by atoms with Gasteiger partial charge in [0.2, 0.25) is 11.7 Å². The summed E-state index contributed by atoms with van der Waals surface area (Å²) in [6, 6.07) is 0. The zero-order valence-corrected chi connectivity index (χ0v) is 18.2. The number of carbonyl (C=O) groups is 3. The number of ether oxygens (including phenoxy) is 2. The van der Waals surface area contributed by atoms with E-state index in [1.165, 1.54) is 20.8 Å². The Bertz CT molecular complexity index is 672. The lowest BCUT2D eigenvalue weighted by Gasteiger charge is -2.31. The first-order valence-electron chi connectivity index (χ1n) is 9.92. The Morgan fingerprint density at radius 3 is 1.67 bits per heavy atom. The molecule has 0 aliphatic carbocycles. The van der Waals surface area contributed by atoms with Crippen LogP contribution in [0.5, 0.6) is 0 Å². The van der Waals surface area contributed by atoms with Gasteiger partial charge in [-0.3, -0.25) is 14.4 Å². The minimum absolute atomic E-state index is 0.163. The molecule has 0 aliphatic heterocycles. The lowest BCUT2D eigenvalue weighted by molar-refractivity contribution is -0.500. The SMILES string of the molecule is CCN(CC)C(=O)C(F)(F)OC(F)(F)C(F)(F)OC(F)(F)C(=O)CCCCCCNC(C)=O. The maximum Gasteiger partial charge on any atom is 0.453 e. The molecule has 0 saturated carbocycles. The summed E-state index contributed by atoms with van der Waals surface area (Å²) < 4.78 is 114. The van der Waals surface area contributed by atoms with Gasteiger partial charge in [0.1, 0.15) is 0 Å². The minimum Gasteiger partial charge on any atom is -0.356 e. The molecule has 0 bridgehead atoms. The first-order chi connectivity index (χ1) is 14.9. The van der Waals surface area contributed by atoms with Crippen molar-refractivity contribution in [3.8, 4) is 0 Å². The van der Waals surface area contributed by atoms with Crippen LogP contribution in [0.15, 0.2) is 0 Å². The first-order valence-corrected chi connectivity index (χ1v) is 9.92. The van der Waals surface area contributed by atoms with Crippen LogP contribution in [0.2, 0.25) is 0 Å². The van der Waals surface area contributed by atoms with Gasteiger partial charge in [0, 0.05) is 33.0 Å². The summed E-state index contributed by atoms with van der Waals surface area (Å²) in [4.78, 5) is 33.9. The second-order valence-electron chi connectivity index (χ2n) is 6.82. The number of rotatable bonds is 16. The molecule has 194 valence electrons. The van der Waals surface area contributed by atoms with E-state index in [4.69, 9.17) is 0 Å². The van der Waals surface area contributed by atoms with Crippen LogP contribution >= 0.6 is 0 Å². The predicted octanol–water partition coefficient (Wildman–Crippen LogP) is 3.91. The number of nitrogens with one attached hydrogen (secondary N) is 1. The van der Waals surface area contributed by atoms with Gasteiger partial charge >= 0.3 is 30.3 Å². The van der Waals surface area contributed by atoms with Crippen LogP contribution in [0.4, 0.5) is 35.1 Å². The van der Waals surface area contributed by atoms with Gasteiger partial charge in [-0.1, -0.05) is 12.8 Å². The molecule has 0 atom stereocenters. The second kappa shape index (κ2) is 12.4. The molecule has 1 N–H and O–H groups in total. The van der Waals surface area contributed by atoms with E-state index in [2.05, 4.69) is 14.8 Å². The van der Waals surface area contributed by atoms with Crippen LogP contribution in [0.1, 0.15) is 52.9 Å². The number of hydrogen-bond donors (Lipinski definition) is 1. The molecular formula is C18H26F8N2O5. The van der Waals surface area contributed by atoms with Crippen LogP contribution in [-0.2, 0) is 23.9 Å². The Balaban J connectivity index is 4.99. The number of unbranched alkanes of at least 4 members (excludes halogenated alkanes) is 3. The van der Waals surface area contributed by atoms with Crippen molar-refractivity contribution in [2.75, 3.05) is 19.6 Å². The molecule has 0 aromatic carbocycles. The Labute approximate surface area is 184 Å². The van der Waals surface area contributed by atoms with Crippen molar-refractivity contribution < 1.29 is 59.0 Å². The third-order valence-corrected chi connectivity index (χ3v) is 4.18. The van der Waals surface area contributed by atoms with Gasteiger partial charge in [-0.25, -0.2) is 9.47 Å². The van der Waals surface area contributed by atoms with Gasteiger partial charge in [0.05, 0.1) is 0 Å². The molecule has 0 rings (SSSR count). The van der Waals surface area contributed by atoms with Gasteiger partial charge < -0.3 is 10.2 Å². The number of carbonyl (C=O) groups excluding carboxylic acids is 3. The normalized spacial score (nSPS) is 13.1. The zero-order chi connectivity index (χ0) is 26.1. The number of alkyl halides is 8. The quantitative estimate of drug-likeness (QED) is 0.256. The first kappa shape index (κ1) is 31.0. The third-order valence-electron chi connectivity index (χ3n) is 4.18. The predicted molar refractivity (Wildman–Crippen MR) is 96.7 cm³/mol. The van der Waals surface area contributed by atoms with Crippen LogP contribution in [0, 0.1) is 0 Å². The summed E-state index contributed by atoms with van der Waals surface area (Å²) in [6.45, 7) is 3.10. The molecule has 0 unspecified atom stereocenters. The number of ketones is 1. The molecule has 7 nitrogen and oxygen atoms in total. The van der Waals surface area contributed by atoms with Crippen molar-refractivity contribution in [1.29, 1.82) is 0 Å². The van der Waals surface area contributed by atoms with E-state index < -0.39 is 55.6 Å². The summed E-state index contributed by atoms with van der Waals surface area (Å²) in [7, 11) is 0. The van der Waals surface area contributed by atoms with E-state index in [1.54, 1.807) is 0 Å². The summed E-state index contributed by atoms with van der Waals surface area (Å²) >= 11 is 0. The number of halogens is 8. The zero-order valence-electron chi connectivity index (χ0n) is 18.2. The summed E-state index contributed by atoms with van der Waals surface area (Å²) in [5, 5.41) is 2.46. The summed E-state index contributed by atoms with van der Waals surface area (Å²) in [6.07, 6.45) is -24.1. The number of hydrogen-bond acceptors (Lipinski definition) is 5. The second-order valence-corrected chi connectivity index (χ2v) is 6.82. The van der Waals surface area contributed by atoms with Crippen molar-refractivity contribution in [3.05, 3.63) is 0 Å². The summed E-state index contributed by atoms with van der Waals surface area (Å²) in [5.41, 5.74) is 0. The highest BCUT2D eigenvalue weighted by Crippen LogP contribution is 2.44. The number of likely N-dealkylation sites (N-methyl/N-ethyl adjacent to an activating group) is 1. The van der Waals surface area contributed by atoms with E-state index >= 15 is 0 Å². The Morgan fingerprint density at radius 1 is 0.758 bits per heavy atom. The lowest BCUT2D eigenvalue weighted by Crippen LogP contribution is -2.56. The number of amides is 2. The summed E-state index contributed by atoms with van der Waals surface area (Å²) in [5.74, 6) is -4.98. The van der Waals surface area contributed by atoms with Gasteiger partial charge in [-0.15, -0.1) is 0 Å². The van der Waals surface area contributed by atoms with Crippen molar-refractivity contribution >= 4 is 17.6 Å². The van der Waals surface area contributed by atoms with Gasteiger partial charge in [0.15, 0.2) is 0 Å². The number of nitrogens with zero attached hydrogens (tertiary/aromatic N) is 1. The van der Waals surface area contributed by atoms with Crippen LogP contribution in [0.25, 0.3) is 0 Å². The maximum absolute atomic E-state index is 13.6. The standard InChI is InChI=1S/C18H26F8N2O5/c1-4-28(5-2)14(31)16(21,22)33-18(25,26)17(23,24)32-15(19,20)13(30)10-8-6-7-9-11-27-12(3)29/h4-11H2,1-3H3,(H,27,29). The average Bonchev–Trinajstić information content (AvgIpc) is 2.65. The van der Waals surface area contributed by atoms with E-state index in [1.807, 2.05) is 0 Å². The number of Topliss-reactive ketones (excluding diaryl/α,β-unsaturated/α-hetero) is 1. The molecule has 0 aromatic heterocycles. The van der Waals surface area contributed by atoms with E-state index in [0.717, 1.165) is 0 Å². The van der Waals surface area contributed by atoms with Crippen LogP contribution < -0.4 is 5.32 Å². The molecular weight excluding hydrogens is 476 g/mol. The Morgan fingerprint density at radius 2 is 1.21 bits per heavy atom. The highest BCUT2D eigenvalue weighted by atomic mass is 19.3. The minimum atomic E-state index is -6.40. The highest BCUT2D eigenvalue weighted by molar-refractivity contribution is 5.84. The molecule has 0 fully saturated rings. The molecule has 0 heterocycles. The van der Waals surface area contributed by atoms with E-state index in [0.29, 0.717) is 12.8 Å². The van der Waals surface area contributed by atoms with Crippen molar-refractivity contribution in [2.24, 2.45) is 0 Å². The smallest absolute Gasteiger partial charge is 0.356 e. The average molecular weight is 502 g/mol. The molecule has 0 aliphatic rings. The van der Waals surface area contributed by atoms with E-state index in [9.17, 15) is 49.5 Å². The van der Waals surface area contributed by atoms with Gasteiger partial charge in [0.25, 0.3) is 0 Å². The molecule has 0 radical (unpaired) electrons. The van der Waals surface area contributed by atoms with Crippen molar-refractivity contribution in [3.63, 3.8) is 0 Å². The molecule has 2 amide bonds. The largest absolute Gasteiger partial charge is 0.453 e. The van der Waals surface area contributed by atoms with E-state index in [-0.39, 0.29) is 30.2 Å². The molecule has 33 heavy (non-hydrogen) atoms. The fraction of sp³-hybridized carbons (Fsp3) is 0.833. The Kier molecular flexibility index (Phi) is 11.7. The fourth-order valence-electron chi connectivity index (χ4n) is 2.41.